The van der Waals surface area contributed by atoms with Crippen LogP contribution < -0.4 is 14.8 Å². The van der Waals surface area contributed by atoms with E-state index in [1.165, 1.54) is 17.7 Å². The van der Waals surface area contributed by atoms with E-state index < -0.39 is 0 Å². The number of amides is 1. The fourth-order valence-corrected chi connectivity index (χ4v) is 3.66. The largest absolute Gasteiger partial charge is 0.493 e. The molecule has 1 aromatic heterocycles. The normalized spacial score (nSPS) is 13.3. The van der Waals surface area contributed by atoms with Gasteiger partial charge in [-0.1, -0.05) is 6.07 Å². The van der Waals surface area contributed by atoms with E-state index in [1.807, 2.05) is 25.1 Å². The van der Waals surface area contributed by atoms with E-state index in [4.69, 9.17) is 9.47 Å². The van der Waals surface area contributed by atoms with Gasteiger partial charge in [-0.05, 0) is 50.3 Å². The molecule has 1 aromatic carbocycles. The van der Waals surface area contributed by atoms with Crippen LogP contribution in [0.4, 0.5) is 5.13 Å². The van der Waals surface area contributed by atoms with E-state index in [2.05, 4.69) is 10.3 Å². The van der Waals surface area contributed by atoms with Gasteiger partial charge in [0.05, 0.1) is 12.8 Å². The molecule has 0 unspecified atom stereocenters. The highest BCUT2D eigenvalue weighted by molar-refractivity contribution is 7.15. The predicted molar refractivity (Wildman–Crippen MR) is 90.6 cm³/mol. The van der Waals surface area contributed by atoms with Gasteiger partial charge in [0.1, 0.15) is 0 Å². The van der Waals surface area contributed by atoms with Crippen molar-refractivity contribution in [3.63, 3.8) is 0 Å². The van der Waals surface area contributed by atoms with Crippen LogP contribution in [-0.2, 0) is 17.6 Å². The molecule has 1 amide bonds. The minimum absolute atomic E-state index is 0.0658. The molecule has 0 saturated carbocycles. The number of rotatable bonds is 5. The van der Waals surface area contributed by atoms with Crippen LogP contribution in [0.1, 0.15) is 29.0 Å². The van der Waals surface area contributed by atoms with Gasteiger partial charge in [-0.15, -0.1) is 11.3 Å². The summed E-state index contributed by atoms with van der Waals surface area (Å²) in [6.45, 7) is 1.91. The SMILES string of the molecule is COc1cc(C)ccc1OCC(=O)Nc1nc2c(s1)CCCC2. The molecule has 5 nitrogen and oxygen atoms in total. The predicted octanol–water partition coefficient (Wildman–Crippen LogP) is 3.36. The molecule has 1 aliphatic carbocycles. The molecule has 0 atom stereocenters. The number of hydrogen-bond acceptors (Lipinski definition) is 5. The van der Waals surface area contributed by atoms with Gasteiger partial charge in [0.15, 0.2) is 23.2 Å². The molecule has 0 fully saturated rings. The van der Waals surface area contributed by atoms with Gasteiger partial charge >= 0.3 is 0 Å². The third kappa shape index (κ3) is 3.82. The number of carbonyl (C=O) groups excluding carboxylic acids is 1. The number of hydrogen-bond donors (Lipinski definition) is 1. The molecule has 6 heteroatoms. The highest BCUT2D eigenvalue weighted by atomic mass is 32.1. The first-order chi connectivity index (χ1) is 11.2. The van der Waals surface area contributed by atoms with Crippen LogP contribution in [0, 0.1) is 6.92 Å². The monoisotopic (exact) mass is 332 g/mol. The van der Waals surface area contributed by atoms with Crippen LogP contribution in [0.25, 0.3) is 0 Å². The fraction of sp³-hybridized carbons (Fsp3) is 0.412. The number of aryl methyl sites for hydroxylation is 3. The van der Waals surface area contributed by atoms with Crippen LogP contribution in [0.3, 0.4) is 0 Å². The van der Waals surface area contributed by atoms with Crippen LogP contribution in [0.5, 0.6) is 11.5 Å². The molecular weight excluding hydrogens is 312 g/mol. The first kappa shape index (κ1) is 15.8. The Bertz CT molecular complexity index is 688. The molecule has 2 aromatic rings. The maximum absolute atomic E-state index is 12.1. The minimum atomic E-state index is -0.210. The lowest BCUT2D eigenvalue weighted by molar-refractivity contribution is -0.118. The van der Waals surface area contributed by atoms with E-state index in [1.54, 1.807) is 18.4 Å². The Labute approximate surface area is 139 Å². The van der Waals surface area contributed by atoms with Crippen molar-refractivity contribution < 1.29 is 14.3 Å². The van der Waals surface area contributed by atoms with Crippen molar-refractivity contribution in [3.05, 3.63) is 34.3 Å². The number of methoxy groups -OCH3 is 1. The van der Waals surface area contributed by atoms with Crippen LogP contribution in [0.15, 0.2) is 18.2 Å². The molecule has 0 spiro atoms. The summed E-state index contributed by atoms with van der Waals surface area (Å²) in [5.41, 5.74) is 2.21. The first-order valence-corrected chi connectivity index (χ1v) is 8.53. The third-order valence-corrected chi connectivity index (χ3v) is 4.84. The van der Waals surface area contributed by atoms with Crippen molar-refractivity contribution in [3.8, 4) is 11.5 Å². The molecule has 0 radical (unpaired) electrons. The number of fused-ring (bicyclic) bond motifs is 1. The molecule has 1 heterocycles. The summed E-state index contributed by atoms with van der Waals surface area (Å²) in [5.74, 6) is 0.980. The van der Waals surface area contributed by atoms with E-state index in [0.29, 0.717) is 16.6 Å². The van der Waals surface area contributed by atoms with E-state index >= 15 is 0 Å². The fourth-order valence-electron chi connectivity index (χ4n) is 2.60. The smallest absolute Gasteiger partial charge is 0.264 e. The highest BCUT2D eigenvalue weighted by Crippen LogP contribution is 2.30. The second-order valence-corrected chi connectivity index (χ2v) is 6.67. The molecule has 0 bridgehead atoms. The summed E-state index contributed by atoms with van der Waals surface area (Å²) in [7, 11) is 1.59. The maximum atomic E-state index is 12.1. The highest BCUT2D eigenvalue weighted by Gasteiger charge is 2.16. The second kappa shape index (κ2) is 7.00. The van der Waals surface area contributed by atoms with Crippen LogP contribution in [0.2, 0.25) is 0 Å². The second-order valence-electron chi connectivity index (χ2n) is 5.59. The summed E-state index contributed by atoms with van der Waals surface area (Å²) in [5, 5.41) is 3.49. The maximum Gasteiger partial charge on any atom is 0.264 e. The first-order valence-electron chi connectivity index (χ1n) is 7.71. The van der Waals surface area contributed by atoms with Crippen LogP contribution in [-0.4, -0.2) is 24.6 Å². The lowest BCUT2D eigenvalue weighted by Gasteiger charge is -2.10. The van der Waals surface area contributed by atoms with Crippen molar-refractivity contribution in [2.24, 2.45) is 0 Å². The van der Waals surface area contributed by atoms with Crippen molar-refractivity contribution >= 4 is 22.4 Å². The summed E-state index contributed by atoms with van der Waals surface area (Å²) in [4.78, 5) is 17.9. The topological polar surface area (TPSA) is 60.5 Å². The number of aromatic nitrogens is 1. The average molecular weight is 332 g/mol. The summed E-state index contributed by atoms with van der Waals surface area (Å²) >= 11 is 1.57. The number of nitrogens with one attached hydrogen (secondary N) is 1. The zero-order valence-electron chi connectivity index (χ0n) is 13.3. The Morgan fingerprint density at radius 1 is 1.30 bits per heavy atom. The van der Waals surface area contributed by atoms with E-state index in [-0.39, 0.29) is 12.5 Å². The zero-order valence-corrected chi connectivity index (χ0v) is 14.2. The Hall–Kier alpha value is -2.08. The van der Waals surface area contributed by atoms with Gasteiger partial charge in [0, 0.05) is 4.88 Å². The number of nitrogens with zero attached hydrogens (tertiary/aromatic N) is 1. The Balaban J connectivity index is 1.58. The quantitative estimate of drug-likeness (QED) is 0.912. The van der Waals surface area contributed by atoms with Gasteiger partial charge in [0.25, 0.3) is 5.91 Å². The van der Waals surface area contributed by atoms with Crippen LogP contribution >= 0.6 is 11.3 Å². The number of benzene rings is 1. The van der Waals surface area contributed by atoms with Crippen molar-refractivity contribution in [1.29, 1.82) is 0 Å². The third-order valence-electron chi connectivity index (χ3n) is 3.77. The summed E-state index contributed by atoms with van der Waals surface area (Å²) in [6, 6.07) is 5.61. The molecule has 3 rings (SSSR count). The van der Waals surface area contributed by atoms with Gasteiger partial charge in [0.2, 0.25) is 0 Å². The van der Waals surface area contributed by atoms with Crippen molar-refractivity contribution in [2.45, 2.75) is 32.6 Å². The Morgan fingerprint density at radius 3 is 2.91 bits per heavy atom. The van der Waals surface area contributed by atoms with E-state index in [0.717, 1.165) is 24.1 Å². The summed E-state index contributed by atoms with van der Waals surface area (Å²) < 4.78 is 10.8. The molecule has 0 saturated heterocycles. The van der Waals surface area contributed by atoms with Gasteiger partial charge in [-0.25, -0.2) is 4.98 Å². The lowest BCUT2D eigenvalue weighted by atomic mass is 10.0. The molecule has 23 heavy (non-hydrogen) atoms. The molecular formula is C17H20N2O3S. The Kier molecular flexibility index (Phi) is 4.81. The standard InChI is InChI=1S/C17H20N2O3S/c1-11-7-8-13(14(9-11)21-2)22-10-16(20)19-17-18-12-5-3-4-6-15(12)23-17/h7-9H,3-6,10H2,1-2H3,(H,18,19,20). The zero-order chi connectivity index (χ0) is 16.2. The van der Waals surface area contributed by atoms with Crippen molar-refractivity contribution in [2.75, 3.05) is 19.0 Å². The van der Waals surface area contributed by atoms with Crippen molar-refractivity contribution in [1.82, 2.24) is 4.98 Å². The molecule has 0 aliphatic heterocycles. The average Bonchev–Trinajstić information content (AvgIpc) is 2.95. The Morgan fingerprint density at radius 2 is 2.13 bits per heavy atom. The van der Waals surface area contributed by atoms with Gasteiger partial charge < -0.3 is 9.47 Å². The minimum Gasteiger partial charge on any atom is -0.493 e. The van der Waals surface area contributed by atoms with Gasteiger partial charge in [-0.2, -0.15) is 0 Å². The van der Waals surface area contributed by atoms with E-state index in [9.17, 15) is 4.79 Å². The lowest BCUT2D eigenvalue weighted by Crippen LogP contribution is -2.20. The molecule has 122 valence electrons. The number of thiazole rings is 1. The molecule has 1 aliphatic rings. The van der Waals surface area contributed by atoms with Gasteiger partial charge in [-0.3, -0.25) is 10.1 Å². The number of anilines is 1. The molecule has 1 N–H and O–H groups in total. The summed E-state index contributed by atoms with van der Waals surface area (Å²) in [6.07, 6.45) is 4.47. The number of carbonyl (C=O) groups is 1. The number of ether oxygens (including phenoxy) is 2.